The van der Waals surface area contributed by atoms with Gasteiger partial charge in [0.15, 0.2) is 5.78 Å². The third kappa shape index (κ3) is 5.69. The molecule has 0 aromatic heterocycles. The number of anilines is 1. The SMILES string of the molecule is CCCCC(=O)Nc1cccc(C(=O)C=CN(C)C)c1. The normalized spacial score (nSPS) is 10.6. The van der Waals surface area contributed by atoms with Crippen LogP contribution in [0.5, 0.6) is 0 Å². The van der Waals surface area contributed by atoms with Gasteiger partial charge in [-0.2, -0.15) is 0 Å². The topological polar surface area (TPSA) is 49.4 Å². The van der Waals surface area contributed by atoms with E-state index in [1.165, 1.54) is 6.08 Å². The Bertz CT molecular complexity index is 493. The zero-order valence-corrected chi connectivity index (χ0v) is 12.3. The maximum absolute atomic E-state index is 11.9. The molecule has 0 atom stereocenters. The maximum atomic E-state index is 11.9. The van der Waals surface area contributed by atoms with Crippen LogP contribution in [0.3, 0.4) is 0 Å². The van der Waals surface area contributed by atoms with E-state index in [-0.39, 0.29) is 11.7 Å². The highest BCUT2D eigenvalue weighted by atomic mass is 16.1. The van der Waals surface area contributed by atoms with Crippen LogP contribution in [0.25, 0.3) is 0 Å². The number of unbranched alkanes of at least 4 members (excludes halogenated alkanes) is 1. The molecule has 0 unspecified atom stereocenters. The van der Waals surface area contributed by atoms with E-state index in [1.807, 2.05) is 21.0 Å². The Morgan fingerprint density at radius 2 is 2.05 bits per heavy atom. The van der Waals surface area contributed by atoms with Crippen LogP contribution in [0.4, 0.5) is 5.69 Å². The van der Waals surface area contributed by atoms with Crippen molar-refractivity contribution in [1.82, 2.24) is 4.90 Å². The lowest BCUT2D eigenvalue weighted by atomic mass is 10.1. The lowest BCUT2D eigenvalue weighted by Crippen LogP contribution is -2.11. The molecule has 0 aliphatic heterocycles. The average molecular weight is 274 g/mol. The van der Waals surface area contributed by atoms with E-state index in [9.17, 15) is 9.59 Å². The number of carbonyl (C=O) groups excluding carboxylic acids is 2. The second-order valence-corrected chi connectivity index (χ2v) is 4.88. The summed E-state index contributed by atoms with van der Waals surface area (Å²) in [6.07, 6.45) is 5.58. The molecule has 1 rings (SSSR count). The van der Waals surface area contributed by atoms with Gasteiger partial charge in [-0.15, -0.1) is 0 Å². The highest BCUT2D eigenvalue weighted by Crippen LogP contribution is 2.12. The van der Waals surface area contributed by atoms with Crippen molar-refractivity contribution in [2.75, 3.05) is 19.4 Å². The summed E-state index contributed by atoms with van der Waals surface area (Å²) >= 11 is 0. The Balaban J connectivity index is 2.70. The summed E-state index contributed by atoms with van der Waals surface area (Å²) in [6, 6.07) is 7.00. The molecule has 0 aliphatic carbocycles. The molecule has 0 saturated carbocycles. The fourth-order valence-corrected chi connectivity index (χ4v) is 1.62. The third-order valence-electron chi connectivity index (χ3n) is 2.71. The van der Waals surface area contributed by atoms with Gasteiger partial charge in [-0.1, -0.05) is 25.5 Å². The van der Waals surface area contributed by atoms with Gasteiger partial charge in [0.2, 0.25) is 5.91 Å². The predicted octanol–water partition coefficient (Wildman–Crippen LogP) is 3.07. The van der Waals surface area contributed by atoms with Gasteiger partial charge in [0.1, 0.15) is 0 Å². The van der Waals surface area contributed by atoms with Crippen molar-refractivity contribution in [3.05, 3.63) is 42.1 Å². The molecule has 0 fully saturated rings. The van der Waals surface area contributed by atoms with Crippen LogP contribution >= 0.6 is 0 Å². The Morgan fingerprint density at radius 3 is 2.70 bits per heavy atom. The number of carbonyl (C=O) groups is 2. The number of rotatable bonds is 7. The summed E-state index contributed by atoms with van der Waals surface area (Å²) in [5, 5.41) is 2.81. The predicted molar refractivity (Wildman–Crippen MR) is 81.8 cm³/mol. The van der Waals surface area contributed by atoms with Crippen LogP contribution in [0.2, 0.25) is 0 Å². The minimum absolute atomic E-state index is 0.0136. The number of nitrogens with zero attached hydrogens (tertiary/aromatic N) is 1. The fraction of sp³-hybridized carbons (Fsp3) is 0.375. The maximum Gasteiger partial charge on any atom is 0.224 e. The van der Waals surface area contributed by atoms with Gasteiger partial charge in [0.05, 0.1) is 0 Å². The fourth-order valence-electron chi connectivity index (χ4n) is 1.62. The number of ketones is 1. The molecule has 0 radical (unpaired) electrons. The zero-order chi connectivity index (χ0) is 15.0. The van der Waals surface area contributed by atoms with Gasteiger partial charge >= 0.3 is 0 Å². The van der Waals surface area contributed by atoms with E-state index in [1.54, 1.807) is 35.4 Å². The Labute approximate surface area is 120 Å². The molecule has 1 aromatic rings. The van der Waals surface area contributed by atoms with Crippen molar-refractivity contribution < 1.29 is 9.59 Å². The molecule has 0 bridgehead atoms. The highest BCUT2D eigenvalue weighted by Gasteiger charge is 2.05. The first-order valence-electron chi connectivity index (χ1n) is 6.81. The molecule has 108 valence electrons. The quantitative estimate of drug-likeness (QED) is 0.614. The summed E-state index contributed by atoms with van der Waals surface area (Å²) in [7, 11) is 3.71. The van der Waals surface area contributed by atoms with E-state index in [2.05, 4.69) is 5.32 Å². The minimum atomic E-state index is -0.0802. The van der Waals surface area contributed by atoms with Crippen molar-refractivity contribution in [3.63, 3.8) is 0 Å². The van der Waals surface area contributed by atoms with Crippen LogP contribution in [0.1, 0.15) is 36.5 Å². The lowest BCUT2D eigenvalue weighted by Gasteiger charge is -2.06. The smallest absolute Gasteiger partial charge is 0.224 e. The first-order chi connectivity index (χ1) is 9.52. The number of nitrogens with one attached hydrogen (secondary N) is 1. The van der Waals surface area contributed by atoms with Crippen molar-refractivity contribution in [1.29, 1.82) is 0 Å². The van der Waals surface area contributed by atoms with Gasteiger partial charge in [-0.25, -0.2) is 0 Å². The first kappa shape index (κ1) is 16.0. The lowest BCUT2D eigenvalue weighted by molar-refractivity contribution is -0.116. The van der Waals surface area contributed by atoms with Crippen LogP contribution in [0.15, 0.2) is 36.5 Å². The molecule has 0 heterocycles. The van der Waals surface area contributed by atoms with Crippen LogP contribution in [-0.2, 0) is 4.79 Å². The second kappa shape index (κ2) is 8.15. The van der Waals surface area contributed by atoms with E-state index in [4.69, 9.17) is 0 Å². The zero-order valence-electron chi connectivity index (χ0n) is 12.3. The number of amides is 1. The summed E-state index contributed by atoms with van der Waals surface area (Å²) < 4.78 is 0. The van der Waals surface area contributed by atoms with E-state index < -0.39 is 0 Å². The summed E-state index contributed by atoms with van der Waals surface area (Å²) in [6.45, 7) is 2.05. The van der Waals surface area contributed by atoms with Crippen molar-refractivity contribution in [2.45, 2.75) is 26.2 Å². The van der Waals surface area contributed by atoms with Gasteiger partial charge in [0.25, 0.3) is 0 Å². The van der Waals surface area contributed by atoms with Crippen molar-refractivity contribution >= 4 is 17.4 Å². The standard InChI is InChI=1S/C16H22N2O2/c1-4-5-9-16(20)17-14-8-6-7-13(12-14)15(19)10-11-18(2)3/h6-8,10-12H,4-5,9H2,1-3H3,(H,17,20). The van der Waals surface area contributed by atoms with Gasteiger partial charge in [-0.05, 0) is 18.6 Å². The number of allylic oxidation sites excluding steroid dienone is 1. The number of hydrogen-bond donors (Lipinski definition) is 1. The highest BCUT2D eigenvalue weighted by molar-refractivity contribution is 6.05. The van der Waals surface area contributed by atoms with Crippen molar-refractivity contribution in [3.8, 4) is 0 Å². The summed E-state index contributed by atoms with van der Waals surface area (Å²) in [5.41, 5.74) is 1.23. The van der Waals surface area contributed by atoms with Crippen LogP contribution in [0, 0.1) is 0 Å². The van der Waals surface area contributed by atoms with Crippen LogP contribution < -0.4 is 5.32 Å². The van der Waals surface area contributed by atoms with Crippen molar-refractivity contribution in [2.24, 2.45) is 0 Å². The van der Waals surface area contributed by atoms with E-state index in [0.29, 0.717) is 17.7 Å². The monoisotopic (exact) mass is 274 g/mol. The molecule has 0 aliphatic rings. The average Bonchev–Trinajstić information content (AvgIpc) is 2.42. The van der Waals surface area contributed by atoms with E-state index >= 15 is 0 Å². The molecular formula is C16H22N2O2. The Kier molecular flexibility index (Phi) is 6.50. The molecular weight excluding hydrogens is 252 g/mol. The number of hydrogen-bond acceptors (Lipinski definition) is 3. The molecule has 1 N–H and O–H groups in total. The Morgan fingerprint density at radius 1 is 1.30 bits per heavy atom. The van der Waals surface area contributed by atoms with Gasteiger partial charge in [-0.3, -0.25) is 9.59 Å². The molecule has 4 nitrogen and oxygen atoms in total. The van der Waals surface area contributed by atoms with E-state index in [0.717, 1.165) is 12.8 Å². The molecule has 0 spiro atoms. The molecule has 1 amide bonds. The van der Waals surface area contributed by atoms with Gasteiger partial charge in [0, 0.05) is 44.0 Å². The third-order valence-corrected chi connectivity index (χ3v) is 2.71. The first-order valence-corrected chi connectivity index (χ1v) is 6.81. The van der Waals surface area contributed by atoms with Gasteiger partial charge < -0.3 is 10.2 Å². The molecule has 1 aromatic carbocycles. The molecule has 20 heavy (non-hydrogen) atoms. The Hall–Kier alpha value is -2.10. The summed E-state index contributed by atoms with van der Waals surface area (Å²) in [4.78, 5) is 25.4. The number of benzene rings is 1. The minimum Gasteiger partial charge on any atom is -0.383 e. The molecule has 0 saturated heterocycles. The second-order valence-electron chi connectivity index (χ2n) is 4.88. The summed E-state index contributed by atoms with van der Waals surface area (Å²) in [5.74, 6) is -0.0939. The van der Waals surface area contributed by atoms with Crippen LogP contribution in [-0.4, -0.2) is 30.7 Å². The molecule has 4 heteroatoms. The largest absolute Gasteiger partial charge is 0.383 e.